The van der Waals surface area contributed by atoms with E-state index in [9.17, 15) is 9.90 Å². The molecule has 0 saturated heterocycles. The van der Waals surface area contributed by atoms with Crippen LogP contribution < -0.4 is 0 Å². The van der Waals surface area contributed by atoms with E-state index >= 15 is 0 Å². The maximum Gasteiger partial charge on any atom is 0.340 e. The fraction of sp³-hybridized carbons (Fsp3) is 0.136. The van der Waals surface area contributed by atoms with E-state index in [-0.39, 0.29) is 11.5 Å². The summed E-state index contributed by atoms with van der Waals surface area (Å²) in [5.74, 6) is 1.09. The SMILES string of the molecule is Cc1nc(C)n(Cc2ccc(-c3ccccc3C=C3OC(=O)C=C3O)cc2)n1. The van der Waals surface area contributed by atoms with Gasteiger partial charge in [-0.2, -0.15) is 5.10 Å². The number of cyclic esters (lactones) is 1. The number of hydrogen-bond acceptors (Lipinski definition) is 5. The second kappa shape index (κ2) is 7.15. The van der Waals surface area contributed by atoms with Crippen molar-refractivity contribution in [1.29, 1.82) is 0 Å². The van der Waals surface area contributed by atoms with E-state index in [1.807, 2.05) is 54.9 Å². The number of ether oxygens (including phenoxy) is 1. The summed E-state index contributed by atoms with van der Waals surface area (Å²) in [6.07, 6.45) is 2.73. The van der Waals surface area contributed by atoms with Crippen molar-refractivity contribution in [3.63, 3.8) is 0 Å². The van der Waals surface area contributed by atoms with Gasteiger partial charge in [-0.1, -0.05) is 48.5 Å². The Balaban J connectivity index is 1.62. The normalized spacial score (nSPS) is 15.0. The molecular formula is C22H19N3O3. The van der Waals surface area contributed by atoms with Gasteiger partial charge in [0.25, 0.3) is 0 Å². The molecular weight excluding hydrogens is 354 g/mol. The van der Waals surface area contributed by atoms with Crippen LogP contribution in [0.3, 0.4) is 0 Å². The Hall–Kier alpha value is -3.67. The molecule has 0 unspecified atom stereocenters. The maximum atomic E-state index is 11.3. The zero-order valence-electron chi connectivity index (χ0n) is 15.6. The molecule has 0 aliphatic carbocycles. The largest absolute Gasteiger partial charge is 0.504 e. The number of aliphatic hydroxyl groups excluding tert-OH is 1. The summed E-state index contributed by atoms with van der Waals surface area (Å²) in [4.78, 5) is 15.6. The highest BCUT2D eigenvalue weighted by molar-refractivity contribution is 5.89. The molecule has 2 aromatic carbocycles. The van der Waals surface area contributed by atoms with E-state index in [4.69, 9.17) is 4.74 Å². The lowest BCUT2D eigenvalue weighted by Crippen LogP contribution is -2.04. The molecule has 1 aromatic heterocycles. The Morgan fingerprint density at radius 2 is 1.86 bits per heavy atom. The molecule has 1 N–H and O–H groups in total. The van der Waals surface area contributed by atoms with Gasteiger partial charge in [0.15, 0.2) is 11.5 Å². The third-order valence-corrected chi connectivity index (χ3v) is 4.52. The van der Waals surface area contributed by atoms with Crippen LogP contribution in [0.4, 0.5) is 0 Å². The molecule has 6 nitrogen and oxygen atoms in total. The van der Waals surface area contributed by atoms with E-state index in [2.05, 4.69) is 22.2 Å². The van der Waals surface area contributed by atoms with E-state index in [0.29, 0.717) is 6.54 Å². The zero-order chi connectivity index (χ0) is 19.7. The molecule has 0 spiro atoms. The highest BCUT2D eigenvalue weighted by atomic mass is 16.6. The monoisotopic (exact) mass is 373 g/mol. The van der Waals surface area contributed by atoms with Gasteiger partial charge in [0.2, 0.25) is 0 Å². The van der Waals surface area contributed by atoms with Crippen LogP contribution in [0.15, 0.2) is 66.1 Å². The highest BCUT2D eigenvalue weighted by Crippen LogP contribution is 2.28. The summed E-state index contributed by atoms with van der Waals surface area (Å²) in [6, 6.07) is 16.0. The van der Waals surface area contributed by atoms with Gasteiger partial charge in [0.05, 0.1) is 12.6 Å². The van der Waals surface area contributed by atoms with Crippen LogP contribution in [-0.2, 0) is 16.1 Å². The minimum atomic E-state index is -0.566. The van der Waals surface area contributed by atoms with Crippen molar-refractivity contribution in [2.45, 2.75) is 20.4 Å². The van der Waals surface area contributed by atoms with Crippen LogP contribution >= 0.6 is 0 Å². The number of aromatic nitrogens is 3. The van der Waals surface area contributed by atoms with Crippen LogP contribution in [0, 0.1) is 13.8 Å². The lowest BCUT2D eigenvalue weighted by Gasteiger charge is -2.09. The van der Waals surface area contributed by atoms with Crippen LogP contribution in [-0.4, -0.2) is 25.8 Å². The molecule has 1 aliphatic rings. The van der Waals surface area contributed by atoms with Crippen LogP contribution in [0.5, 0.6) is 0 Å². The second-order valence-corrected chi connectivity index (χ2v) is 6.61. The Kier molecular flexibility index (Phi) is 4.53. The van der Waals surface area contributed by atoms with Crippen LogP contribution in [0.2, 0.25) is 0 Å². The van der Waals surface area contributed by atoms with Crippen molar-refractivity contribution in [3.8, 4) is 11.1 Å². The lowest BCUT2D eigenvalue weighted by molar-refractivity contribution is -0.132. The molecule has 0 bridgehead atoms. The molecule has 0 fully saturated rings. The predicted octanol–water partition coefficient (Wildman–Crippen LogP) is 3.95. The van der Waals surface area contributed by atoms with Crippen molar-refractivity contribution in [1.82, 2.24) is 14.8 Å². The number of hydrogen-bond donors (Lipinski definition) is 1. The standard InChI is InChI=1S/C22H19N3O3/c1-14-23-15(2)25(24-14)13-16-7-9-17(10-8-16)19-6-4-3-5-18(19)11-21-20(26)12-22(27)28-21/h3-12,26H,13H2,1-2H3. The number of esters is 1. The van der Waals surface area contributed by atoms with Crippen molar-refractivity contribution < 1.29 is 14.6 Å². The molecule has 3 aromatic rings. The summed E-state index contributed by atoms with van der Waals surface area (Å²) in [5, 5.41) is 14.2. The third-order valence-electron chi connectivity index (χ3n) is 4.52. The average molecular weight is 373 g/mol. The minimum Gasteiger partial charge on any atom is -0.504 e. The predicted molar refractivity (Wildman–Crippen MR) is 105 cm³/mol. The first kappa shape index (κ1) is 17.7. The van der Waals surface area contributed by atoms with Crippen molar-refractivity contribution in [2.75, 3.05) is 0 Å². The molecule has 140 valence electrons. The number of benzene rings is 2. The fourth-order valence-electron chi connectivity index (χ4n) is 3.18. The van der Waals surface area contributed by atoms with Crippen molar-refractivity contribution in [2.24, 2.45) is 0 Å². The summed E-state index contributed by atoms with van der Waals surface area (Å²) in [6.45, 7) is 4.48. The van der Waals surface area contributed by atoms with Gasteiger partial charge in [-0.25, -0.2) is 14.5 Å². The number of aryl methyl sites for hydroxylation is 2. The quantitative estimate of drug-likeness (QED) is 0.701. The molecule has 0 saturated carbocycles. The van der Waals surface area contributed by atoms with Gasteiger partial charge in [0, 0.05) is 0 Å². The summed E-state index contributed by atoms with van der Waals surface area (Å²) < 4.78 is 6.91. The van der Waals surface area contributed by atoms with Gasteiger partial charge in [-0.15, -0.1) is 0 Å². The summed E-state index contributed by atoms with van der Waals surface area (Å²) in [5.41, 5.74) is 3.97. The van der Waals surface area contributed by atoms with Crippen molar-refractivity contribution in [3.05, 3.63) is 88.9 Å². The lowest BCUT2D eigenvalue weighted by atomic mass is 9.98. The first-order valence-electron chi connectivity index (χ1n) is 8.90. The highest BCUT2D eigenvalue weighted by Gasteiger charge is 2.19. The summed E-state index contributed by atoms with van der Waals surface area (Å²) >= 11 is 0. The average Bonchev–Trinajstić information content (AvgIpc) is 3.16. The first-order chi connectivity index (χ1) is 13.5. The van der Waals surface area contributed by atoms with Gasteiger partial charge in [-0.05, 0) is 42.2 Å². The first-order valence-corrected chi connectivity index (χ1v) is 8.90. The van der Waals surface area contributed by atoms with Gasteiger partial charge >= 0.3 is 5.97 Å². The molecule has 4 rings (SSSR count). The van der Waals surface area contributed by atoms with Crippen LogP contribution in [0.25, 0.3) is 17.2 Å². The van der Waals surface area contributed by atoms with E-state index in [1.165, 1.54) is 0 Å². The number of nitrogens with zero attached hydrogens (tertiary/aromatic N) is 3. The van der Waals surface area contributed by atoms with E-state index in [1.54, 1.807) is 6.08 Å². The Labute approximate surface area is 162 Å². The van der Waals surface area contributed by atoms with E-state index in [0.717, 1.165) is 40.0 Å². The topological polar surface area (TPSA) is 77.2 Å². The smallest absolute Gasteiger partial charge is 0.340 e. The molecule has 0 atom stereocenters. The van der Waals surface area contributed by atoms with Crippen molar-refractivity contribution >= 4 is 12.0 Å². The molecule has 0 amide bonds. The molecule has 0 radical (unpaired) electrons. The molecule has 1 aliphatic heterocycles. The number of aliphatic hydroxyl groups is 1. The molecule has 28 heavy (non-hydrogen) atoms. The number of carbonyl (C=O) groups is 1. The second-order valence-electron chi connectivity index (χ2n) is 6.61. The third kappa shape index (κ3) is 3.57. The van der Waals surface area contributed by atoms with Gasteiger partial charge < -0.3 is 9.84 Å². The van der Waals surface area contributed by atoms with Gasteiger partial charge in [0.1, 0.15) is 11.6 Å². The number of rotatable bonds is 4. The molecule has 6 heteroatoms. The fourth-order valence-corrected chi connectivity index (χ4v) is 3.18. The Bertz CT molecular complexity index is 1110. The van der Waals surface area contributed by atoms with Gasteiger partial charge in [-0.3, -0.25) is 0 Å². The Morgan fingerprint density at radius 3 is 2.50 bits per heavy atom. The summed E-state index contributed by atoms with van der Waals surface area (Å²) in [7, 11) is 0. The van der Waals surface area contributed by atoms with Crippen LogP contribution in [0.1, 0.15) is 22.8 Å². The molecule has 2 heterocycles. The zero-order valence-corrected chi connectivity index (χ0v) is 15.6. The number of carbonyl (C=O) groups excluding carboxylic acids is 1. The minimum absolute atomic E-state index is 0.158. The van der Waals surface area contributed by atoms with E-state index < -0.39 is 5.97 Å². The Morgan fingerprint density at radius 1 is 1.11 bits per heavy atom. The maximum absolute atomic E-state index is 11.3.